The highest BCUT2D eigenvalue weighted by Gasteiger charge is 2.07. The molecule has 0 unspecified atom stereocenters. The number of nitrogens with one attached hydrogen (secondary N) is 2. The van der Waals surface area contributed by atoms with Crippen LogP contribution < -0.4 is 10.9 Å². The third kappa shape index (κ3) is 4.29. The first kappa shape index (κ1) is 16.8. The molecule has 0 saturated heterocycles. The molecule has 3 rings (SSSR count). The van der Waals surface area contributed by atoms with Crippen molar-refractivity contribution in [3.05, 3.63) is 81.5 Å². The van der Waals surface area contributed by atoms with Crippen molar-refractivity contribution in [3.63, 3.8) is 0 Å². The van der Waals surface area contributed by atoms with Gasteiger partial charge in [-0.15, -0.1) is 10.2 Å². The maximum absolute atomic E-state index is 13.2. The minimum atomic E-state index is -0.373. The molecular weight excluding hydrogens is 319 g/mol. The van der Waals surface area contributed by atoms with Crippen LogP contribution in [0.3, 0.4) is 0 Å². The van der Waals surface area contributed by atoms with Crippen LogP contribution in [-0.4, -0.2) is 15.2 Å². The third-order valence-electron chi connectivity index (χ3n) is 3.87. The predicted molar refractivity (Wildman–Crippen MR) is 95.7 cm³/mol. The van der Waals surface area contributed by atoms with E-state index in [1.165, 1.54) is 17.7 Å². The molecule has 3 aromatic rings. The van der Waals surface area contributed by atoms with Gasteiger partial charge >= 0.3 is 0 Å². The van der Waals surface area contributed by atoms with Gasteiger partial charge < -0.3 is 5.32 Å². The van der Waals surface area contributed by atoms with Crippen LogP contribution in [0.25, 0.3) is 0 Å². The van der Waals surface area contributed by atoms with E-state index in [2.05, 4.69) is 46.5 Å². The average molecular weight is 338 g/mol. The summed E-state index contributed by atoms with van der Waals surface area (Å²) >= 11 is 0. The van der Waals surface area contributed by atoms with Gasteiger partial charge in [-0.2, -0.15) is 0 Å². The number of anilines is 2. The largest absolute Gasteiger partial charge is 0.324 e. The van der Waals surface area contributed by atoms with Crippen LogP contribution in [0.1, 0.15) is 36.6 Å². The van der Waals surface area contributed by atoms with E-state index in [0.29, 0.717) is 23.7 Å². The van der Waals surface area contributed by atoms with Gasteiger partial charge in [0.25, 0.3) is 5.56 Å². The molecular formula is C19H19FN4O. The Morgan fingerprint density at radius 1 is 1.12 bits per heavy atom. The summed E-state index contributed by atoms with van der Waals surface area (Å²) in [4.78, 5) is 14.8. The van der Waals surface area contributed by atoms with E-state index < -0.39 is 0 Å². The van der Waals surface area contributed by atoms with E-state index in [9.17, 15) is 9.18 Å². The molecule has 5 nitrogen and oxygen atoms in total. The summed E-state index contributed by atoms with van der Waals surface area (Å²) in [5.41, 5.74) is 2.75. The first-order valence-electron chi connectivity index (χ1n) is 8.08. The van der Waals surface area contributed by atoms with E-state index in [0.717, 1.165) is 5.56 Å². The highest BCUT2D eigenvalue weighted by molar-refractivity contribution is 5.52. The van der Waals surface area contributed by atoms with Crippen molar-refractivity contribution in [1.82, 2.24) is 15.2 Å². The number of nitrogens with zero attached hydrogens (tertiary/aromatic N) is 2. The Morgan fingerprint density at radius 2 is 1.88 bits per heavy atom. The number of hydrogen-bond donors (Lipinski definition) is 2. The van der Waals surface area contributed by atoms with Gasteiger partial charge in [-0.25, -0.2) is 4.39 Å². The van der Waals surface area contributed by atoms with Crippen LogP contribution in [0, 0.1) is 5.82 Å². The SMILES string of the molecule is CC(C)c1ccc(Cc2nnc(Nc3cccc(F)c3)[nH]c2=O)cc1. The molecule has 0 bridgehead atoms. The molecule has 1 aromatic heterocycles. The zero-order chi connectivity index (χ0) is 17.8. The van der Waals surface area contributed by atoms with E-state index >= 15 is 0 Å². The minimum Gasteiger partial charge on any atom is -0.324 e. The molecule has 1 heterocycles. The van der Waals surface area contributed by atoms with Crippen molar-refractivity contribution in [2.75, 3.05) is 5.32 Å². The summed E-state index contributed by atoms with van der Waals surface area (Å²) in [5, 5.41) is 10.8. The molecule has 0 spiro atoms. The molecule has 2 N–H and O–H groups in total. The fourth-order valence-electron chi connectivity index (χ4n) is 2.45. The average Bonchev–Trinajstić information content (AvgIpc) is 2.58. The number of H-pyrrole nitrogens is 1. The molecule has 0 fully saturated rings. The fourth-order valence-corrected chi connectivity index (χ4v) is 2.45. The molecule has 0 saturated carbocycles. The minimum absolute atomic E-state index is 0.175. The van der Waals surface area contributed by atoms with Gasteiger partial charge in [-0.3, -0.25) is 9.78 Å². The Labute approximate surface area is 145 Å². The topological polar surface area (TPSA) is 70.7 Å². The Balaban J connectivity index is 1.74. The van der Waals surface area contributed by atoms with Gasteiger partial charge in [-0.1, -0.05) is 44.2 Å². The van der Waals surface area contributed by atoms with Gasteiger partial charge in [0.1, 0.15) is 11.5 Å². The lowest BCUT2D eigenvalue weighted by Crippen LogP contribution is -2.18. The number of halogens is 1. The molecule has 0 aliphatic carbocycles. The monoisotopic (exact) mass is 338 g/mol. The molecule has 128 valence electrons. The van der Waals surface area contributed by atoms with Crippen molar-refractivity contribution >= 4 is 11.6 Å². The van der Waals surface area contributed by atoms with E-state index in [1.54, 1.807) is 12.1 Å². The Morgan fingerprint density at radius 3 is 2.52 bits per heavy atom. The maximum Gasteiger partial charge on any atom is 0.274 e. The summed E-state index contributed by atoms with van der Waals surface area (Å²) in [6.45, 7) is 4.27. The second-order valence-electron chi connectivity index (χ2n) is 6.16. The summed E-state index contributed by atoms with van der Waals surface area (Å²) in [5.74, 6) is 0.265. The second-order valence-corrected chi connectivity index (χ2v) is 6.16. The lowest BCUT2D eigenvalue weighted by molar-refractivity contribution is 0.628. The zero-order valence-corrected chi connectivity index (χ0v) is 14.1. The van der Waals surface area contributed by atoms with Crippen molar-refractivity contribution in [1.29, 1.82) is 0 Å². The number of aromatic amines is 1. The maximum atomic E-state index is 13.2. The summed E-state index contributed by atoms with van der Waals surface area (Å²) in [7, 11) is 0. The Bertz CT molecular complexity index is 919. The first-order valence-corrected chi connectivity index (χ1v) is 8.08. The summed E-state index contributed by atoms with van der Waals surface area (Å²) < 4.78 is 13.2. The Kier molecular flexibility index (Phi) is 4.88. The quantitative estimate of drug-likeness (QED) is 0.743. The van der Waals surface area contributed by atoms with E-state index in [4.69, 9.17) is 0 Å². The molecule has 0 atom stereocenters. The molecule has 0 aliphatic heterocycles. The molecule has 0 aliphatic rings. The normalized spacial score (nSPS) is 10.9. The van der Waals surface area contributed by atoms with Gasteiger partial charge in [-0.05, 0) is 35.2 Å². The number of benzene rings is 2. The number of rotatable bonds is 5. The molecule has 25 heavy (non-hydrogen) atoms. The van der Waals surface area contributed by atoms with Crippen molar-refractivity contribution in [2.24, 2.45) is 0 Å². The van der Waals surface area contributed by atoms with E-state index in [1.807, 2.05) is 12.1 Å². The lowest BCUT2D eigenvalue weighted by atomic mass is 10.0. The number of hydrogen-bond acceptors (Lipinski definition) is 4. The van der Waals surface area contributed by atoms with Gasteiger partial charge in [0.2, 0.25) is 5.95 Å². The summed E-state index contributed by atoms with van der Waals surface area (Å²) in [6.07, 6.45) is 0.404. The molecule has 6 heteroatoms. The van der Waals surface area contributed by atoms with Crippen LogP contribution in [0.4, 0.5) is 16.0 Å². The second kappa shape index (κ2) is 7.25. The summed E-state index contributed by atoms with van der Waals surface area (Å²) in [6, 6.07) is 14.0. The predicted octanol–water partition coefficient (Wildman–Crippen LogP) is 3.76. The van der Waals surface area contributed by atoms with Crippen molar-refractivity contribution in [2.45, 2.75) is 26.2 Å². The number of aromatic nitrogens is 3. The Hall–Kier alpha value is -3.02. The standard InChI is InChI=1S/C19H19FN4O/c1-12(2)14-8-6-13(7-9-14)10-17-18(25)22-19(24-23-17)21-16-5-3-4-15(20)11-16/h3-9,11-12H,10H2,1-2H3,(H2,21,22,24,25). The molecule has 2 aromatic carbocycles. The van der Waals surface area contributed by atoms with Gasteiger partial charge in [0, 0.05) is 12.1 Å². The fraction of sp³-hybridized carbons (Fsp3) is 0.211. The molecule has 0 radical (unpaired) electrons. The van der Waals surface area contributed by atoms with Crippen LogP contribution in [0.15, 0.2) is 53.3 Å². The van der Waals surface area contributed by atoms with Crippen LogP contribution in [0.2, 0.25) is 0 Å². The smallest absolute Gasteiger partial charge is 0.274 e. The van der Waals surface area contributed by atoms with Crippen LogP contribution in [0.5, 0.6) is 0 Å². The lowest BCUT2D eigenvalue weighted by Gasteiger charge is -2.07. The zero-order valence-electron chi connectivity index (χ0n) is 14.1. The third-order valence-corrected chi connectivity index (χ3v) is 3.87. The van der Waals surface area contributed by atoms with Crippen molar-refractivity contribution in [3.8, 4) is 0 Å². The van der Waals surface area contributed by atoms with Crippen molar-refractivity contribution < 1.29 is 4.39 Å². The van der Waals surface area contributed by atoms with Crippen LogP contribution >= 0.6 is 0 Å². The first-order chi connectivity index (χ1) is 12.0. The molecule has 0 amide bonds. The highest BCUT2D eigenvalue weighted by Crippen LogP contribution is 2.16. The van der Waals surface area contributed by atoms with Gasteiger partial charge in [0.15, 0.2) is 0 Å². The highest BCUT2D eigenvalue weighted by atomic mass is 19.1. The van der Waals surface area contributed by atoms with E-state index in [-0.39, 0.29) is 17.3 Å². The van der Waals surface area contributed by atoms with Crippen LogP contribution in [-0.2, 0) is 6.42 Å². The van der Waals surface area contributed by atoms with Gasteiger partial charge in [0.05, 0.1) is 0 Å².